The minimum atomic E-state index is 0.628. The quantitative estimate of drug-likeness (QED) is 0.674. The van der Waals surface area contributed by atoms with Gasteiger partial charge in [0, 0.05) is 18.3 Å². The monoisotopic (exact) mass is 235 g/mol. The van der Waals surface area contributed by atoms with Crippen molar-refractivity contribution < 1.29 is 0 Å². The molecule has 1 aliphatic rings. The van der Waals surface area contributed by atoms with Crippen LogP contribution in [-0.4, -0.2) is 12.6 Å². The Hall–Kier alpha value is -0.980. The maximum atomic E-state index is 2.49. The van der Waals surface area contributed by atoms with E-state index in [0.717, 1.165) is 0 Å². The summed E-state index contributed by atoms with van der Waals surface area (Å²) in [6, 6.07) is 7.42. The van der Waals surface area contributed by atoms with Crippen molar-refractivity contribution in [1.82, 2.24) is 0 Å². The molecule has 0 atom stereocenters. The molecule has 0 saturated heterocycles. The molecule has 0 fully saturated rings. The van der Waals surface area contributed by atoms with Gasteiger partial charge in [-0.1, -0.05) is 39.8 Å². The molecule has 1 nitrogen and oxygen atoms in total. The normalized spacial score (nSPS) is 12.4. The van der Waals surface area contributed by atoms with E-state index in [4.69, 9.17) is 0 Å². The smallest absolute Gasteiger partial charge is 0.0404 e. The molecule has 1 aromatic carbocycles. The summed E-state index contributed by atoms with van der Waals surface area (Å²) in [6.07, 6.45) is 1.22. The van der Waals surface area contributed by atoms with E-state index in [2.05, 4.69) is 43.9 Å². The number of benzene rings is 1. The lowest BCUT2D eigenvalue weighted by Crippen LogP contribution is -2.28. The van der Waals surface area contributed by atoms with Gasteiger partial charge in [-0.25, -0.2) is 0 Å². The van der Waals surface area contributed by atoms with Gasteiger partial charge in [-0.3, -0.25) is 0 Å². The van der Waals surface area contributed by atoms with Crippen LogP contribution in [-0.2, 0) is 6.42 Å². The van der Waals surface area contributed by atoms with Crippen molar-refractivity contribution in [2.24, 2.45) is 0 Å². The fourth-order valence-corrected chi connectivity index (χ4v) is 2.05. The van der Waals surface area contributed by atoms with Gasteiger partial charge in [0.05, 0.1) is 0 Å². The van der Waals surface area contributed by atoms with Crippen molar-refractivity contribution in [2.45, 2.75) is 60.9 Å². The average Bonchev–Trinajstić information content (AvgIpc) is 2.77. The molecule has 0 N–H and O–H groups in total. The number of aryl methyl sites for hydroxylation is 1. The lowest BCUT2D eigenvalue weighted by atomic mass is 10.1. The van der Waals surface area contributed by atoms with Crippen molar-refractivity contribution >= 4 is 5.69 Å². The highest BCUT2D eigenvalue weighted by Crippen LogP contribution is 2.30. The van der Waals surface area contributed by atoms with E-state index in [9.17, 15) is 0 Å². The third-order valence-corrected chi connectivity index (χ3v) is 2.80. The molecular formula is C16H29N. The molecule has 17 heavy (non-hydrogen) atoms. The third kappa shape index (κ3) is 4.07. The molecule has 98 valence electrons. The average molecular weight is 235 g/mol. The zero-order valence-corrected chi connectivity index (χ0v) is 12.7. The van der Waals surface area contributed by atoms with Crippen LogP contribution < -0.4 is 4.90 Å². The first-order valence-corrected chi connectivity index (χ1v) is 7.04. The number of fused-ring (bicyclic) bond motifs is 1. The highest BCUT2D eigenvalue weighted by molar-refractivity contribution is 5.59. The summed E-state index contributed by atoms with van der Waals surface area (Å²) in [5.74, 6) is 0. The van der Waals surface area contributed by atoms with Gasteiger partial charge in [-0.2, -0.15) is 0 Å². The Bertz CT molecular complexity index is 315. The summed E-state index contributed by atoms with van der Waals surface area (Å²) < 4.78 is 0. The molecule has 1 heterocycles. The van der Waals surface area contributed by atoms with Crippen LogP contribution in [0.4, 0.5) is 5.69 Å². The number of nitrogens with zero attached hydrogens (tertiary/aromatic N) is 1. The van der Waals surface area contributed by atoms with Crippen molar-refractivity contribution in [3.63, 3.8) is 0 Å². The van der Waals surface area contributed by atoms with Gasteiger partial charge in [0.2, 0.25) is 0 Å². The van der Waals surface area contributed by atoms with E-state index in [1.165, 1.54) is 29.8 Å². The number of hydrogen-bond acceptors (Lipinski definition) is 1. The van der Waals surface area contributed by atoms with Crippen LogP contribution in [0.1, 0.15) is 52.7 Å². The molecule has 0 radical (unpaired) electrons. The van der Waals surface area contributed by atoms with Gasteiger partial charge in [-0.15, -0.1) is 0 Å². The van der Waals surface area contributed by atoms with E-state index >= 15 is 0 Å². The first kappa shape index (κ1) is 16.0. The summed E-state index contributed by atoms with van der Waals surface area (Å²) in [4.78, 5) is 2.49. The summed E-state index contributed by atoms with van der Waals surface area (Å²) in [5.41, 5.74) is 4.33. The highest BCUT2D eigenvalue weighted by Gasteiger charge is 2.20. The molecule has 1 aromatic rings. The van der Waals surface area contributed by atoms with Crippen molar-refractivity contribution in [1.29, 1.82) is 0 Å². The molecule has 0 bridgehead atoms. The fourth-order valence-electron chi connectivity index (χ4n) is 2.05. The molecule has 1 aliphatic heterocycles. The lowest BCUT2D eigenvalue weighted by molar-refractivity contribution is 0.710. The molecule has 0 aliphatic carbocycles. The maximum Gasteiger partial charge on any atom is 0.0404 e. The van der Waals surface area contributed by atoms with Crippen LogP contribution in [0.5, 0.6) is 0 Å². The Morgan fingerprint density at radius 3 is 2.18 bits per heavy atom. The van der Waals surface area contributed by atoms with E-state index in [0.29, 0.717) is 6.04 Å². The van der Waals surface area contributed by atoms with Crippen LogP contribution in [0.25, 0.3) is 0 Å². The second kappa shape index (κ2) is 8.16. The van der Waals surface area contributed by atoms with Gasteiger partial charge in [0.25, 0.3) is 0 Å². The van der Waals surface area contributed by atoms with Crippen molar-refractivity contribution in [2.75, 3.05) is 11.4 Å². The van der Waals surface area contributed by atoms with Crippen LogP contribution in [0, 0.1) is 6.92 Å². The topological polar surface area (TPSA) is 3.24 Å². The fraction of sp³-hybridized carbons (Fsp3) is 0.625. The van der Waals surface area contributed by atoms with E-state index in [1.807, 2.05) is 27.7 Å². The molecule has 0 unspecified atom stereocenters. The van der Waals surface area contributed by atoms with E-state index < -0.39 is 0 Å². The Labute approximate surface area is 108 Å². The number of rotatable bonds is 1. The largest absolute Gasteiger partial charge is 0.369 e. The zero-order valence-electron chi connectivity index (χ0n) is 12.7. The summed E-state index contributed by atoms with van der Waals surface area (Å²) >= 11 is 0. The van der Waals surface area contributed by atoms with Crippen LogP contribution in [0.15, 0.2) is 18.2 Å². The standard InChI is InChI=1S/C12H17N.2C2H6/c1-9(2)13-7-6-11-5-4-10(3)8-12(11)13;2*1-2/h4-5,8-9H,6-7H2,1-3H3;2*1-2H3. The van der Waals surface area contributed by atoms with Gasteiger partial charge in [0.15, 0.2) is 0 Å². The molecule has 2 rings (SSSR count). The predicted molar refractivity (Wildman–Crippen MR) is 80.1 cm³/mol. The Balaban J connectivity index is 0.000000581. The molecule has 0 spiro atoms. The van der Waals surface area contributed by atoms with Crippen LogP contribution >= 0.6 is 0 Å². The lowest BCUT2D eigenvalue weighted by Gasteiger charge is -2.24. The Morgan fingerprint density at radius 2 is 1.65 bits per heavy atom. The summed E-state index contributed by atoms with van der Waals surface area (Å²) in [7, 11) is 0. The third-order valence-electron chi connectivity index (χ3n) is 2.80. The minimum Gasteiger partial charge on any atom is -0.369 e. The Kier molecular flexibility index (Phi) is 7.69. The first-order valence-electron chi connectivity index (χ1n) is 7.04. The second-order valence-electron chi connectivity index (χ2n) is 4.17. The van der Waals surface area contributed by atoms with Gasteiger partial charge < -0.3 is 4.90 Å². The Morgan fingerprint density at radius 1 is 1.06 bits per heavy atom. The van der Waals surface area contributed by atoms with Crippen LogP contribution in [0.3, 0.4) is 0 Å². The van der Waals surface area contributed by atoms with Crippen molar-refractivity contribution in [3.8, 4) is 0 Å². The van der Waals surface area contributed by atoms with Gasteiger partial charge in [-0.05, 0) is 44.4 Å². The van der Waals surface area contributed by atoms with Gasteiger partial charge in [0.1, 0.15) is 0 Å². The summed E-state index contributed by atoms with van der Waals surface area (Å²) in [6.45, 7) is 15.9. The second-order valence-corrected chi connectivity index (χ2v) is 4.17. The SMILES string of the molecule is CC.CC.Cc1ccc2c(c1)N(C(C)C)CC2. The number of hydrogen-bond donors (Lipinski definition) is 0. The molecule has 0 aromatic heterocycles. The zero-order chi connectivity index (χ0) is 13.4. The van der Waals surface area contributed by atoms with E-state index in [1.54, 1.807) is 0 Å². The van der Waals surface area contributed by atoms with Crippen molar-refractivity contribution in [3.05, 3.63) is 29.3 Å². The minimum absolute atomic E-state index is 0.628. The van der Waals surface area contributed by atoms with Crippen LogP contribution in [0.2, 0.25) is 0 Å². The molecule has 0 saturated carbocycles. The molecule has 0 amide bonds. The van der Waals surface area contributed by atoms with E-state index in [-0.39, 0.29) is 0 Å². The first-order chi connectivity index (χ1) is 8.18. The molecule has 1 heteroatoms. The highest BCUT2D eigenvalue weighted by atomic mass is 15.2. The molecular weight excluding hydrogens is 206 g/mol. The predicted octanol–water partition coefficient (Wildman–Crippen LogP) is 4.82. The number of anilines is 1. The maximum absolute atomic E-state index is 2.49. The summed E-state index contributed by atoms with van der Waals surface area (Å²) in [5, 5.41) is 0. The van der Waals surface area contributed by atoms with Gasteiger partial charge >= 0.3 is 0 Å².